The highest BCUT2D eigenvalue weighted by molar-refractivity contribution is 7.98. The highest BCUT2D eigenvalue weighted by atomic mass is 32.2. The van der Waals surface area contributed by atoms with Crippen molar-refractivity contribution in [1.29, 1.82) is 0 Å². The zero-order valence-electron chi connectivity index (χ0n) is 9.85. The summed E-state index contributed by atoms with van der Waals surface area (Å²) in [7, 11) is 0. The second kappa shape index (κ2) is 5.35. The zero-order chi connectivity index (χ0) is 12.3. The molecule has 2 heterocycles. The molecule has 0 saturated heterocycles. The normalized spacial score (nSPS) is 12.9. The maximum absolute atomic E-state index is 12.9. The minimum atomic E-state index is -0.315. The Morgan fingerprint density at radius 3 is 3.12 bits per heavy atom. The standard InChI is InChI=1S/C11H15FN4S/c1-8(7-17-2)5-13-11-14-10-4-3-9(12)6-16(10)15-11/h3-4,6,8H,5,7H2,1-2H3,(H,13,15). The summed E-state index contributed by atoms with van der Waals surface area (Å²) in [6.45, 7) is 2.99. The van der Waals surface area contributed by atoms with Crippen LogP contribution >= 0.6 is 11.8 Å². The molecule has 0 aliphatic carbocycles. The quantitative estimate of drug-likeness (QED) is 0.889. The van der Waals surface area contributed by atoms with Crippen molar-refractivity contribution in [2.75, 3.05) is 23.9 Å². The average molecular weight is 254 g/mol. The van der Waals surface area contributed by atoms with E-state index in [1.807, 2.05) is 11.8 Å². The van der Waals surface area contributed by atoms with Crippen molar-refractivity contribution < 1.29 is 4.39 Å². The Morgan fingerprint density at radius 1 is 1.53 bits per heavy atom. The lowest BCUT2D eigenvalue weighted by atomic mass is 10.2. The van der Waals surface area contributed by atoms with E-state index in [9.17, 15) is 4.39 Å². The molecule has 17 heavy (non-hydrogen) atoms. The van der Waals surface area contributed by atoms with Crippen LogP contribution in [0.4, 0.5) is 10.3 Å². The van der Waals surface area contributed by atoms with Crippen molar-refractivity contribution in [1.82, 2.24) is 14.6 Å². The van der Waals surface area contributed by atoms with Crippen LogP contribution in [0.1, 0.15) is 6.92 Å². The van der Waals surface area contributed by atoms with Gasteiger partial charge in [0.2, 0.25) is 5.95 Å². The number of rotatable bonds is 5. The third-order valence-corrected chi connectivity index (χ3v) is 3.26. The minimum Gasteiger partial charge on any atom is -0.353 e. The summed E-state index contributed by atoms with van der Waals surface area (Å²) >= 11 is 1.82. The Balaban J connectivity index is 2.04. The lowest BCUT2D eigenvalue weighted by molar-refractivity contribution is 0.614. The molecule has 0 spiro atoms. The summed E-state index contributed by atoms with van der Waals surface area (Å²) in [5, 5.41) is 7.31. The fourth-order valence-corrected chi connectivity index (χ4v) is 2.23. The molecular weight excluding hydrogens is 239 g/mol. The third-order valence-electron chi connectivity index (χ3n) is 2.35. The van der Waals surface area contributed by atoms with Gasteiger partial charge in [0.15, 0.2) is 5.65 Å². The molecule has 4 nitrogen and oxygen atoms in total. The van der Waals surface area contributed by atoms with Gasteiger partial charge < -0.3 is 5.32 Å². The first-order chi connectivity index (χ1) is 8.19. The molecule has 0 aliphatic heterocycles. The lowest BCUT2D eigenvalue weighted by Gasteiger charge is -2.08. The van der Waals surface area contributed by atoms with Gasteiger partial charge in [-0.2, -0.15) is 16.7 Å². The van der Waals surface area contributed by atoms with Crippen LogP contribution in [0.5, 0.6) is 0 Å². The Hall–Kier alpha value is -1.30. The summed E-state index contributed by atoms with van der Waals surface area (Å²) in [5.74, 6) is 1.87. The summed E-state index contributed by atoms with van der Waals surface area (Å²) < 4.78 is 14.4. The third kappa shape index (κ3) is 3.09. The molecular formula is C11H15FN4S. The van der Waals surface area contributed by atoms with Gasteiger partial charge in [0.05, 0.1) is 6.20 Å². The predicted octanol–water partition coefficient (Wildman–Crippen LogP) is 2.28. The van der Waals surface area contributed by atoms with E-state index in [-0.39, 0.29) is 5.82 Å². The van der Waals surface area contributed by atoms with Gasteiger partial charge in [0.1, 0.15) is 5.82 Å². The van der Waals surface area contributed by atoms with Crippen LogP contribution in [0.15, 0.2) is 18.3 Å². The van der Waals surface area contributed by atoms with Crippen LogP contribution in [-0.2, 0) is 0 Å². The summed E-state index contributed by atoms with van der Waals surface area (Å²) in [6.07, 6.45) is 3.40. The SMILES string of the molecule is CSCC(C)CNc1nc2ccc(F)cn2n1. The second-order valence-corrected chi connectivity index (χ2v) is 4.94. The van der Waals surface area contributed by atoms with E-state index in [1.165, 1.54) is 16.8 Å². The highest BCUT2D eigenvalue weighted by Gasteiger charge is 2.06. The molecule has 0 saturated carbocycles. The van der Waals surface area contributed by atoms with Gasteiger partial charge >= 0.3 is 0 Å². The van der Waals surface area contributed by atoms with Crippen molar-refractivity contribution in [3.63, 3.8) is 0 Å². The fraction of sp³-hybridized carbons (Fsp3) is 0.455. The van der Waals surface area contributed by atoms with E-state index in [2.05, 4.69) is 28.6 Å². The molecule has 2 aromatic rings. The van der Waals surface area contributed by atoms with Crippen LogP contribution < -0.4 is 5.32 Å². The number of hydrogen-bond donors (Lipinski definition) is 1. The van der Waals surface area contributed by atoms with Crippen molar-refractivity contribution in [3.8, 4) is 0 Å². The monoisotopic (exact) mass is 254 g/mol. The molecule has 0 fully saturated rings. The minimum absolute atomic E-state index is 0.315. The van der Waals surface area contributed by atoms with Crippen molar-refractivity contribution >= 4 is 23.4 Å². The van der Waals surface area contributed by atoms with E-state index in [0.29, 0.717) is 17.5 Å². The molecule has 0 radical (unpaired) electrons. The second-order valence-electron chi connectivity index (χ2n) is 4.03. The maximum Gasteiger partial charge on any atom is 0.243 e. The zero-order valence-corrected chi connectivity index (χ0v) is 10.7. The first kappa shape index (κ1) is 12.2. The Morgan fingerprint density at radius 2 is 2.35 bits per heavy atom. The number of nitrogens with one attached hydrogen (secondary N) is 1. The van der Waals surface area contributed by atoms with E-state index >= 15 is 0 Å². The van der Waals surface area contributed by atoms with Gasteiger partial charge in [-0.15, -0.1) is 5.10 Å². The number of hydrogen-bond acceptors (Lipinski definition) is 4. The molecule has 1 unspecified atom stereocenters. The number of aromatic nitrogens is 3. The van der Waals surface area contributed by atoms with Crippen LogP contribution in [0.3, 0.4) is 0 Å². The first-order valence-corrected chi connectivity index (χ1v) is 6.83. The number of thioether (sulfide) groups is 1. The van der Waals surface area contributed by atoms with Gasteiger partial charge in [0, 0.05) is 6.54 Å². The lowest BCUT2D eigenvalue weighted by Crippen LogP contribution is -2.14. The van der Waals surface area contributed by atoms with Gasteiger partial charge in [-0.1, -0.05) is 6.92 Å². The number of nitrogens with zero attached hydrogens (tertiary/aromatic N) is 3. The molecule has 2 aromatic heterocycles. The van der Waals surface area contributed by atoms with Gasteiger partial charge in [-0.05, 0) is 30.1 Å². The molecule has 1 atom stereocenters. The maximum atomic E-state index is 12.9. The van der Waals surface area contributed by atoms with Gasteiger partial charge in [-0.3, -0.25) is 0 Å². The molecule has 2 rings (SSSR count). The van der Waals surface area contributed by atoms with Gasteiger partial charge in [-0.25, -0.2) is 8.91 Å². The number of anilines is 1. The largest absolute Gasteiger partial charge is 0.353 e. The van der Waals surface area contributed by atoms with E-state index in [1.54, 1.807) is 6.07 Å². The van der Waals surface area contributed by atoms with E-state index < -0.39 is 0 Å². The van der Waals surface area contributed by atoms with E-state index in [4.69, 9.17) is 0 Å². The Bertz CT molecular complexity index is 499. The molecule has 6 heteroatoms. The Labute approximate surface area is 104 Å². The average Bonchev–Trinajstić information content (AvgIpc) is 2.68. The van der Waals surface area contributed by atoms with Crippen molar-refractivity contribution in [2.45, 2.75) is 6.92 Å². The highest BCUT2D eigenvalue weighted by Crippen LogP contribution is 2.09. The van der Waals surface area contributed by atoms with Crippen LogP contribution in [0.25, 0.3) is 5.65 Å². The van der Waals surface area contributed by atoms with Crippen LogP contribution in [0, 0.1) is 11.7 Å². The van der Waals surface area contributed by atoms with Crippen LogP contribution in [-0.4, -0.2) is 33.2 Å². The smallest absolute Gasteiger partial charge is 0.243 e. The Kier molecular flexibility index (Phi) is 3.83. The summed E-state index contributed by atoms with van der Waals surface area (Å²) in [5.41, 5.74) is 0.645. The summed E-state index contributed by atoms with van der Waals surface area (Å²) in [6, 6.07) is 2.99. The fourth-order valence-electron chi connectivity index (χ4n) is 1.54. The molecule has 1 N–H and O–H groups in total. The summed E-state index contributed by atoms with van der Waals surface area (Å²) in [4.78, 5) is 4.25. The predicted molar refractivity (Wildman–Crippen MR) is 69.0 cm³/mol. The first-order valence-electron chi connectivity index (χ1n) is 5.44. The molecule has 0 amide bonds. The van der Waals surface area contributed by atoms with Gasteiger partial charge in [0.25, 0.3) is 0 Å². The number of halogens is 1. The molecule has 0 bridgehead atoms. The number of pyridine rings is 1. The molecule has 92 valence electrons. The van der Waals surface area contributed by atoms with Crippen molar-refractivity contribution in [2.24, 2.45) is 5.92 Å². The topological polar surface area (TPSA) is 42.2 Å². The van der Waals surface area contributed by atoms with Crippen LogP contribution in [0.2, 0.25) is 0 Å². The van der Waals surface area contributed by atoms with Crippen molar-refractivity contribution in [3.05, 3.63) is 24.1 Å². The van der Waals surface area contributed by atoms with E-state index in [0.717, 1.165) is 12.3 Å². The molecule has 0 aromatic carbocycles. The molecule has 0 aliphatic rings. The number of fused-ring (bicyclic) bond motifs is 1.